The molecule has 1 aromatic heterocycles. The van der Waals surface area contributed by atoms with Crippen LogP contribution in [0.4, 0.5) is 0 Å². The highest BCUT2D eigenvalue weighted by Crippen LogP contribution is 2.30. The van der Waals surface area contributed by atoms with Crippen LogP contribution in [0.2, 0.25) is 0 Å². The first-order valence-corrected chi connectivity index (χ1v) is 13.7. The number of ether oxygens (including phenoxy) is 1. The number of hydrogen-bond acceptors (Lipinski definition) is 6. The van der Waals surface area contributed by atoms with Gasteiger partial charge in [0.1, 0.15) is 18.4 Å². The van der Waals surface area contributed by atoms with E-state index in [1.165, 1.54) is 24.0 Å². The smallest absolute Gasteiger partial charge is 0.255 e. The van der Waals surface area contributed by atoms with Gasteiger partial charge in [-0.3, -0.25) is 29.3 Å². The monoisotopic (exact) mass is 527 g/mol. The van der Waals surface area contributed by atoms with Crippen LogP contribution >= 0.6 is 0 Å². The third kappa shape index (κ3) is 5.59. The maximum absolute atomic E-state index is 13.0. The van der Waals surface area contributed by atoms with E-state index in [-0.39, 0.29) is 18.2 Å². The summed E-state index contributed by atoms with van der Waals surface area (Å²) in [5.41, 5.74) is 3.88. The molecule has 9 heteroatoms. The first kappa shape index (κ1) is 25.3. The molecule has 0 aliphatic carbocycles. The van der Waals surface area contributed by atoms with Crippen molar-refractivity contribution in [2.45, 2.75) is 63.8 Å². The summed E-state index contributed by atoms with van der Waals surface area (Å²) < 4.78 is 8.25. The lowest BCUT2D eigenvalue weighted by molar-refractivity contribution is -0.136. The van der Waals surface area contributed by atoms with E-state index in [9.17, 15) is 14.4 Å². The largest absolute Gasteiger partial charge is 0.492 e. The number of carbonyl (C=O) groups excluding carboxylic acids is 3. The van der Waals surface area contributed by atoms with Crippen LogP contribution in [-0.2, 0) is 29.2 Å². The zero-order chi connectivity index (χ0) is 26.8. The van der Waals surface area contributed by atoms with E-state index >= 15 is 0 Å². The number of aromatic nitrogens is 2. The van der Waals surface area contributed by atoms with E-state index in [1.807, 2.05) is 41.2 Å². The van der Waals surface area contributed by atoms with E-state index < -0.39 is 11.9 Å². The number of carbonyl (C=O) groups is 3. The molecule has 2 atom stereocenters. The predicted molar refractivity (Wildman–Crippen MR) is 144 cm³/mol. The molecule has 3 aliphatic rings. The van der Waals surface area contributed by atoms with Gasteiger partial charge in [-0.2, -0.15) is 5.10 Å². The van der Waals surface area contributed by atoms with Gasteiger partial charge in [0.05, 0.1) is 12.7 Å². The molecular weight excluding hydrogens is 494 g/mol. The molecule has 4 heterocycles. The summed E-state index contributed by atoms with van der Waals surface area (Å²) in [6, 6.07) is 15.6. The Balaban J connectivity index is 1.06. The average Bonchev–Trinajstić information content (AvgIpc) is 3.52. The normalized spacial score (nSPS) is 21.6. The average molecular weight is 528 g/mol. The Hall–Kier alpha value is -3.98. The van der Waals surface area contributed by atoms with E-state index in [0.29, 0.717) is 31.2 Å². The summed E-state index contributed by atoms with van der Waals surface area (Å²) in [7, 11) is 0. The fourth-order valence-corrected chi connectivity index (χ4v) is 5.87. The van der Waals surface area contributed by atoms with Crippen molar-refractivity contribution in [2.24, 2.45) is 0 Å². The number of likely N-dealkylation sites (tertiary alicyclic amines) is 1. The Morgan fingerprint density at radius 2 is 1.85 bits per heavy atom. The van der Waals surface area contributed by atoms with Crippen LogP contribution in [0.3, 0.4) is 0 Å². The predicted octanol–water partition coefficient (Wildman–Crippen LogP) is 3.13. The summed E-state index contributed by atoms with van der Waals surface area (Å²) in [5, 5.41) is 6.92. The highest BCUT2D eigenvalue weighted by atomic mass is 16.5. The number of piperidine rings is 2. The van der Waals surface area contributed by atoms with Crippen molar-refractivity contribution in [3.05, 3.63) is 83.2 Å². The van der Waals surface area contributed by atoms with Gasteiger partial charge in [-0.05, 0) is 55.1 Å². The molecule has 0 radical (unpaired) electrons. The Morgan fingerprint density at radius 3 is 2.69 bits per heavy atom. The van der Waals surface area contributed by atoms with Crippen LogP contribution in [0.25, 0.3) is 0 Å². The van der Waals surface area contributed by atoms with Crippen LogP contribution in [0.1, 0.15) is 59.2 Å². The standard InChI is InChI=1S/C30H33N5O4/c36-28-12-11-27(29(37)32-28)35-19-23-14-25(9-10-26(23)30(35)38)39-20-24-8-4-5-13-33(24)16-22-15-31-34(18-22)17-21-6-2-1-3-7-21/h1-3,6-7,9-10,14-15,18,24,27H,4-5,8,11-13,16-17,19-20H2,(H,32,36,37)/t24-,27?/m0/s1. The minimum absolute atomic E-state index is 0.169. The molecule has 0 spiro atoms. The van der Waals surface area contributed by atoms with Crippen LogP contribution < -0.4 is 10.1 Å². The third-order valence-electron chi connectivity index (χ3n) is 7.95. The highest BCUT2D eigenvalue weighted by Gasteiger charge is 2.39. The summed E-state index contributed by atoms with van der Waals surface area (Å²) >= 11 is 0. The Labute approximate surface area is 227 Å². The molecule has 1 N–H and O–H groups in total. The third-order valence-corrected chi connectivity index (χ3v) is 7.95. The van der Waals surface area contributed by atoms with E-state index in [2.05, 4.69) is 33.6 Å². The summed E-state index contributed by atoms with van der Waals surface area (Å²) in [6.45, 7) is 3.54. The van der Waals surface area contributed by atoms with Crippen LogP contribution in [0, 0.1) is 0 Å². The zero-order valence-electron chi connectivity index (χ0n) is 21.9. The molecule has 3 aliphatic heterocycles. The SMILES string of the molecule is O=C1CCC(N2Cc3cc(OC[C@@H]4CCCCN4Cc4cnn(Cc5ccccc5)c4)ccc3C2=O)C(=O)N1. The van der Waals surface area contributed by atoms with Crippen molar-refractivity contribution < 1.29 is 19.1 Å². The summed E-state index contributed by atoms with van der Waals surface area (Å²) in [6.07, 6.45) is 8.12. The fourth-order valence-electron chi connectivity index (χ4n) is 5.87. The number of benzene rings is 2. The molecule has 0 saturated carbocycles. The second-order valence-corrected chi connectivity index (χ2v) is 10.7. The quantitative estimate of drug-likeness (QED) is 0.452. The van der Waals surface area contributed by atoms with Crippen molar-refractivity contribution >= 4 is 17.7 Å². The number of rotatable bonds is 8. The minimum atomic E-state index is -0.611. The molecule has 3 aromatic rings. The van der Waals surface area contributed by atoms with Gasteiger partial charge in [0.25, 0.3) is 5.91 Å². The van der Waals surface area contributed by atoms with Crippen LogP contribution in [0.15, 0.2) is 60.9 Å². The topological polar surface area (TPSA) is 96.8 Å². The zero-order valence-corrected chi connectivity index (χ0v) is 21.9. The van der Waals surface area contributed by atoms with Crippen LogP contribution in [0.5, 0.6) is 5.75 Å². The molecule has 6 rings (SSSR count). The lowest BCUT2D eigenvalue weighted by Gasteiger charge is -2.35. The van der Waals surface area contributed by atoms with E-state index in [4.69, 9.17) is 4.74 Å². The number of hydrogen-bond donors (Lipinski definition) is 1. The lowest BCUT2D eigenvalue weighted by Crippen LogP contribution is -2.52. The second-order valence-electron chi connectivity index (χ2n) is 10.7. The van der Waals surface area contributed by atoms with Gasteiger partial charge in [-0.1, -0.05) is 36.8 Å². The number of amides is 3. The molecule has 2 saturated heterocycles. The number of imide groups is 1. The summed E-state index contributed by atoms with van der Waals surface area (Å²) in [5.74, 6) is -0.119. The van der Waals surface area contributed by atoms with Gasteiger partial charge < -0.3 is 9.64 Å². The molecule has 39 heavy (non-hydrogen) atoms. The molecule has 1 unspecified atom stereocenters. The maximum atomic E-state index is 13.0. The van der Waals surface area contributed by atoms with Crippen molar-refractivity contribution in [3.63, 3.8) is 0 Å². The Kier molecular flexibility index (Phi) is 7.15. The first-order valence-electron chi connectivity index (χ1n) is 13.7. The minimum Gasteiger partial charge on any atom is -0.492 e. The molecule has 0 bridgehead atoms. The van der Waals surface area contributed by atoms with Crippen molar-refractivity contribution in [1.82, 2.24) is 24.9 Å². The molecule has 2 fully saturated rings. The van der Waals surface area contributed by atoms with Crippen molar-refractivity contribution in [1.29, 1.82) is 0 Å². The highest BCUT2D eigenvalue weighted by molar-refractivity contribution is 6.05. The first-order chi connectivity index (χ1) is 19.0. The van der Waals surface area contributed by atoms with Gasteiger partial charge in [0.15, 0.2) is 0 Å². The molecule has 3 amide bonds. The summed E-state index contributed by atoms with van der Waals surface area (Å²) in [4.78, 5) is 40.8. The lowest BCUT2D eigenvalue weighted by atomic mass is 10.0. The van der Waals surface area contributed by atoms with E-state index in [0.717, 1.165) is 37.4 Å². The van der Waals surface area contributed by atoms with Crippen molar-refractivity contribution in [3.8, 4) is 5.75 Å². The maximum Gasteiger partial charge on any atom is 0.255 e. The number of fused-ring (bicyclic) bond motifs is 1. The van der Waals surface area contributed by atoms with Gasteiger partial charge in [0.2, 0.25) is 11.8 Å². The Morgan fingerprint density at radius 1 is 0.974 bits per heavy atom. The molecule has 202 valence electrons. The molecule has 2 aromatic carbocycles. The van der Waals surface area contributed by atoms with Gasteiger partial charge >= 0.3 is 0 Å². The van der Waals surface area contributed by atoms with Crippen LogP contribution in [-0.4, -0.2) is 62.5 Å². The van der Waals surface area contributed by atoms with E-state index in [1.54, 1.807) is 11.0 Å². The van der Waals surface area contributed by atoms with Gasteiger partial charge in [-0.25, -0.2) is 0 Å². The van der Waals surface area contributed by atoms with Gasteiger partial charge in [-0.15, -0.1) is 0 Å². The molecule has 9 nitrogen and oxygen atoms in total. The van der Waals surface area contributed by atoms with Gasteiger partial charge in [0, 0.05) is 42.9 Å². The molecular formula is C30H33N5O4. The fraction of sp³-hybridized carbons (Fsp3) is 0.400. The Bertz CT molecular complexity index is 1370. The number of nitrogens with zero attached hydrogens (tertiary/aromatic N) is 4. The number of nitrogens with one attached hydrogen (secondary N) is 1. The van der Waals surface area contributed by atoms with Crippen molar-refractivity contribution in [2.75, 3.05) is 13.2 Å². The second kappa shape index (κ2) is 11.0.